The van der Waals surface area contributed by atoms with Crippen LogP contribution in [0.3, 0.4) is 0 Å². The molecule has 4 heteroatoms. The van der Waals surface area contributed by atoms with Crippen molar-refractivity contribution in [2.24, 2.45) is 0 Å². The van der Waals surface area contributed by atoms with Gasteiger partial charge in [0.25, 0.3) is 0 Å². The average molecular weight is 297 g/mol. The van der Waals surface area contributed by atoms with E-state index >= 15 is 0 Å². The van der Waals surface area contributed by atoms with Crippen LogP contribution in [0.1, 0.15) is 0 Å². The first-order valence-electron chi connectivity index (χ1n) is 7.39. The largest absolute Gasteiger partial charge is 0.438 e. The topological polar surface area (TPSA) is 51.8 Å². The van der Waals surface area contributed by atoms with Crippen LogP contribution in [0, 0.1) is 0 Å². The Kier molecular flexibility index (Phi) is 2.46. The summed E-state index contributed by atoms with van der Waals surface area (Å²) in [6, 6.07) is 19.8. The van der Waals surface area contributed by atoms with Gasteiger partial charge >= 0.3 is 0 Å². The average Bonchev–Trinajstić information content (AvgIpc) is 2.99. The van der Waals surface area contributed by atoms with Crippen LogP contribution < -0.4 is 0 Å². The molecular weight excluding hydrogens is 286 g/mol. The summed E-state index contributed by atoms with van der Waals surface area (Å²) in [6.45, 7) is 0. The molecule has 0 saturated carbocycles. The van der Waals surface area contributed by atoms with Gasteiger partial charge in [0.1, 0.15) is 5.58 Å². The van der Waals surface area contributed by atoms with E-state index in [1.807, 2.05) is 60.7 Å². The molecular formula is C19H11N3O. The monoisotopic (exact) mass is 297 g/mol. The normalized spacial score (nSPS) is 11.5. The Hall–Kier alpha value is -3.27. The van der Waals surface area contributed by atoms with Crippen LogP contribution in [-0.4, -0.2) is 15.0 Å². The number of benzene rings is 1. The summed E-state index contributed by atoms with van der Waals surface area (Å²) in [5, 5.41) is 3.11. The number of pyridine rings is 3. The first kappa shape index (κ1) is 12.3. The number of nitrogens with zero attached hydrogens (tertiary/aromatic N) is 3. The van der Waals surface area contributed by atoms with Gasteiger partial charge in [-0.3, -0.25) is 0 Å². The molecule has 0 fully saturated rings. The fourth-order valence-electron chi connectivity index (χ4n) is 2.84. The number of hydrogen-bond acceptors (Lipinski definition) is 4. The van der Waals surface area contributed by atoms with Crippen LogP contribution in [0.2, 0.25) is 0 Å². The Bertz CT molecular complexity index is 1180. The predicted molar refractivity (Wildman–Crippen MR) is 90.0 cm³/mol. The van der Waals surface area contributed by atoms with E-state index < -0.39 is 0 Å². The van der Waals surface area contributed by atoms with E-state index in [9.17, 15) is 0 Å². The number of hydrogen-bond donors (Lipinski definition) is 0. The number of para-hydroxylation sites is 1. The van der Waals surface area contributed by atoms with Crippen LogP contribution in [0.15, 0.2) is 71.3 Å². The van der Waals surface area contributed by atoms with Gasteiger partial charge in [0.2, 0.25) is 5.71 Å². The maximum absolute atomic E-state index is 5.85. The Labute approximate surface area is 131 Å². The molecule has 0 N–H and O–H groups in total. The van der Waals surface area contributed by atoms with E-state index in [1.54, 1.807) is 6.20 Å². The van der Waals surface area contributed by atoms with E-state index in [0.29, 0.717) is 5.71 Å². The van der Waals surface area contributed by atoms with Gasteiger partial charge in [0.05, 0.1) is 11.4 Å². The SMILES string of the molecule is c1cnc2nc(-c3ccc4c(n3)oc3ccccc34)ccc2c1. The molecule has 4 heterocycles. The van der Waals surface area contributed by atoms with E-state index in [0.717, 1.165) is 38.8 Å². The van der Waals surface area contributed by atoms with Crippen LogP contribution in [0.5, 0.6) is 0 Å². The highest BCUT2D eigenvalue weighted by Gasteiger charge is 2.10. The Morgan fingerprint density at radius 1 is 0.696 bits per heavy atom. The standard InChI is InChI=1S/C19H11N3O/c1-2-6-17-13(5-1)14-8-10-16(22-19(14)23-17)15-9-7-12-4-3-11-20-18(12)21-15/h1-11H. The lowest BCUT2D eigenvalue weighted by Crippen LogP contribution is -1.89. The minimum atomic E-state index is 0.631. The zero-order chi connectivity index (χ0) is 15.2. The highest BCUT2D eigenvalue weighted by molar-refractivity contribution is 6.03. The fraction of sp³-hybridized carbons (Fsp3) is 0. The molecule has 0 unspecified atom stereocenters. The number of rotatable bonds is 1. The van der Waals surface area contributed by atoms with Gasteiger partial charge in [-0.2, -0.15) is 0 Å². The molecule has 0 aliphatic rings. The third-order valence-electron chi connectivity index (χ3n) is 3.97. The van der Waals surface area contributed by atoms with Gasteiger partial charge in [-0.1, -0.05) is 18.2 Å². The van der Waals surface area contributed by atoms with E-state index in [4.69, 9.17) is 4.42 Å². The van der Waals surface area contributed by atoms with Crippen LogP contribution in [0.25, 0.3) is 44.5 Å². The highest BCUT2D eigenvalue weighted by atomic mass is 16.3. The smallest absolute Gasteiger partial charge is 0.227 e. The molecule has 23 heavy (non-hydrogen) atoms. The maximum atomic E-state index is 5.85. The van der Waals surface area contributed by atoms with Gasteiger partial charge in [-0.25, -0.2) is 15.0 Å². The van der Waals surface area contributed by atoms with Gasteiger partial charge in [-0.15, -0.1) is 0 Å². The third kappa shape index (κ3) is 1.89. The molecule has 0 saturated heterocycles. The summed E-state index contributed by atoms with van der Waals surface area (Å²) in [5.41, 5.74) is 3.77. The highest BCUT2D eigenvalue weighted by Crippen LogP contribution is 2.29. The van der Waals surface area contributed by atoms with E-state index in [1.165, 1.54) is 0 Å². The molecule has 5 rings (SSSR count). The van der Waals surface area contributed by atoms with Crippen molar-refractivity contribution in [2.75, 3.05) is 0 Å². The summed E-state index contributed by atoms with van der Waals surface area (Å²) in [5.74, 6) is 0. The van der Waals surface area contributed by atoms with Crippen molar-refractivity contribution in [1.29, 1.82) is 0 Å². The molecule has 0 radical (unpaired) electrons. The Balaban J connectivity index is 1.73. The van der Waals surface area contributed by atoms with Gasteiger partial charge in [0.15, 0.2) is 5.65 Å². The van der Waals surface area contributed by atoms with Crippen molar-refractivity contribution in [2.45, 2.75) is 0 Å². The number of fused-ring (bicyclic) bond motifs is 4. The zero-order valence-electron chi connectivity index (χ0n) is 12.1. The second-order valence-corrected chi connectivity index (χ2v) is 5.39. The van der Waals surface area contributed by atoms with E-state index in [-0.39, 0.29) is 0 Å². The van der Waals surface area contributed by atoms with Gasteiger partial charge in [0, 0.05) is 22.4 Å². The molecule has 0 aliphatic heterocycles. The first-order chi connectivity index (χ1) is 11.4. The second-order valence-electron chi connectivity index (χ2n) is 5.39. The summed E-state index contributed by atoms with van der Waals surface area (Å²) < 4.78 is 5.85. The van der Waals surface area contributed by atoms with Crippen molar-refractivity contribution < 1.29 is 4.42 Å². The minimum absolute atomic E-state index is 0.631. The predicted octanol–water partition coefficient (Wildman–Crippen LogP) is 4.59. The van der Waals surface area contributed by atoms with Crippen molar-refractivity contribution in [3.8, 4) is 11.4 Å². The molecule has 0 amide bonds. The molecule has 0 atom stereocenters. The summed E-state index contributed by atoms with van der Waals surface area (Å²) >= 11 is 0. The summed E-state index contributed by atoms with van der Waals surface area (Å²) in [7, 11) is 0. The lowest BCUT2D eigenvalue weighted by Gasteiger charge is -2.01. The molecule has 4 aromatic heterocycles. The summed E-state index contributed by atoms with van der Waals surface area (Å²) in [4.78, 5) is 13.5. The van der Waals surface area contributed by atoms with E-state index in [2.05, 4.69) is 15.0 Å². The number of furan rings is 1. The maximum Gasteiger partial charge on any atom is 0.227 e. The van der Waals surface area contributed by atoms with Crippen molar-refractivity contribution in [3.05, 3.63) is 66.9 Å². The van der Waals surface area contributed by atoms with Crippen molar-refractivity contribution >= 4 is 33.1 Å². The van der Waals surface area contributed by atoms with Crippen LogP contribution >= 0.6 is 0 Å². The molecule has 108 valence electrons. The van der Waals surface area contributed by atoms with Crippen LogP contribution in [0.4, 0.5) is 0 Å². The van der Waals surface area contributed by atoms with Gasteiger partial charge < -0.3 is 4.42 Å². The molecule has 1 aromatic carbocycles. The third-order valence-corrected chi connectivity index (χ3v) is 3.97. The van der Waals surface area contributed by atoms with Crippen LogP contribution in [-0.2, 0) is 0 Å². The lowest BCUT2D eigenvalue weighted by atomic mass is 10.1. The van der Waals surface area contributed by atoms with Gasteiger partial charge in [-0.05, 0) is 42.5 Å². The quantitative estimate of drug-likeness (QED) is 0.454. The second kappa shape index (κ2) is 4.61. The summed E-state index contributed by atoms with van der Waals surface area (Å²) in [6.07, 6.45) is 1.75. The molecule has 0 bridgehead atoms. The zero-order valence-corrected chi connectivity index (χ0v) is 12.1. The molecule has 4 nitrogen and oxygen atoms in total. The molecule has 0 spiro atoms. The fourth-order valence-corrected chi connectivity index (χ4v) is 2.84. The number of aromatic nitrogens is 3. The van der Waals surface area contributed by atoms with Crippen molar-refractivity contribution in [3.63, 3.8) is 0 Å². The Morgan fingerprint density at radius 3 is 2.57 bits per heavy atom. The van der Waals surface area contributed by atoms with Crippen molar-refractivity contribution in [1.82, 2.24) is 15.0 Å². The molecule has 5 aromatic rings. The first-order valence-corrected chi connectivity index (χ1v) is 7.39. The minimum Gasteiger partial charge on any atom is -0.438 e. The Morgan fingerprint density at radius 2 is 1.57 bits per heavy atom. The lowest BCUT2D eigenvalue weighted by molar-refractivity contribution is 0.654. The molecule has 0 aliphatic carbocycles.